The molecule has 10 heteroatoms. The van der Waals surface area contributed by atoms with Gasteiger partial charge in [-0.2, -0.15) is 13.2 Å². The monoisotopic (exact) mass is 523 g/mol. The summed E-state index contributed by atoms with van der Waals surface area (Å²) in [7, 11) is 0. The number of alkyl halides is 3. The average molecular weight is 525 g/mol. The summed E-state index contributed by atoms with van der Waals surface area (Å²) in [5, 5.41) is 0.428. The second-order valence-electron chi connectivity index (χ2n) is 6.92. The van der Waals surface area contributed by atoms with E-state index in [-0.39, 0.29) is 11.1 Å². The van der Waals surface area contributed by atoms with E-state index in [1.165, 1.54) is 18.2 Å². The molecule has 0 atom stereocenters. The van der Waals surface area contributed by atoms with Crippen molar-refractivity contribution in [2.75, 3.05) is 19.8 Å². The van der Waals surface area contributed by atoms with Crippen molar-refractivity contribution < 1.29 is 27.5 Å². The zero-order chi connectivity index (χ0) is 24.4. The van der Waals surface area contributed by atoms with E-state index in [0.29, 0.717) is 53.8 Å². The van der Waals surface area contributed by atoms with E-state index >= 15 is 0 Å². The van der Waals surface area contributed by atoms with Gasteiger partial charge in [-0.3, -0.25) is 10.3 Å². The van der Waals surface area contributed by atoms with E-state index in [4.69, 9.17) is 49.1 Å². The minimum Gasteiger partial charge on any atom is -0.492 e. The van der Waals surface area contributed by atoms with Crippen molar-refractivity contribution in [3.05, 3.63) is 75.3 Å². The Balaban J connectivity index is 1.68. The normalized spacial score (nSPS) is 11.1. The maximum absolute atomic E-state index is 12.6. The summed E-state index contributed by atoms with van der Waals surface area (Å²) in [6.07, 6.45) is -1.48. The van der Waals surface area contributed by atoms with Crippen LogP contribution in [0.2, 0.25) is 5.02 Å². The highest BCUT2D eigenvalue weighted by Crippen LogP contribution is 2.33. The number of hydrogen-bond acceptors (Lipinski definition) is 4. The van der Waals surface area contributed by atoms with Gasteiger partial charge in [0.15, 0.2) is 0 Å². The van der Waals surface area contributed by atoms with Gasteiger partial charge in [-0.25, -0.2) is 0 Å². The number of benzene rings is 2. The Morgan fingerprint density at radius 3 is 2.33 bits per heavy atom. The van der Waals surface area contributed by atoms with Gasteiger partial charge in [0.05, 0.1) is 29.5 Å². The maximum Gasteiger partial charge on any atom is 0.416 e. The molecule has 2 rings (SSSR count). The fraction of sp³-hybridized carbons (Fsp3) is 0.304. The number of ether oxygens (including phenoxy) is 2. The highest BCUT2D eigenvalue weighted by molar-refractivity contribution is 6.55. The highest BCUT2D eigenvalue weighted by Gasteiger charge is 2.30. The summed E-state index contributed by atoms with van der Waals surface area (Å²) in [6.45, 7) is 6.63. The number of hydrogen-bond donors (Lipinski definition) is 1. The van der Waals surface area contributed by atoms with Crippen LogP contribution in [-0.4, -0.2) is 19.8 Å². The molecule has 0 aliphatic carbocycles. The Morgan fingerprint density at radius 1 is 1.06 bits per heavy atom. The average Bonchev–Trinajstić information content (AvgIpc) is 2.73. The van der Waals surface area contributed by atoms with Gasteiger partial charge < -0.3 is 9.47 Å². The molecule has 0 fully saturated rings. The van der Waals surface area contributed by atoms with Gasteiger partial charge in [0.25, 0.3) is 0 Å². The highest BCUT2D eigenvalue weighted by atomic mass is 35.5. The van der Waals surface area contributed by atoms with Gasteiger partial charge in [0.2, 0.25) is 0 Å². The molecule has 2 aromatic carbocycles. The van der Waals surface area contributed by atoms with E-state index in [0.717, 1.165) is 17.7 Å². The Kier molecular flexibility index (Phi) is 10.7. The lowest BCUT2D eigenvalue weighted by Gasteiger charge is -2.14. The fourth-order valence-electron chi connectivity index (χ4n) is 2.67. The molecule has 1 N–H and O–H groups in total. The van der Waals surface area contributed by atoms with Crippen molar-refractivity contribution in [2.45, 2.75) is 25.9 Å². The minimum absolute atomic E-state index is 0.126. The molecular formula is C23H23Cl3F3NO3. The first-order chi connectivity index (χ1) is 15.6. The summed E-state index contributed by atoms with van der Waals surface area (Å²) in [5.41, 5.74) is 3.62. The Bertz CT molecular complexity index is 937. The first-order valence-electron chi connectivity index (χ1n) is 9.89. The summed E-state index contributed by atoms with van der Waals surface area (Å²) < 4.78 is 49.3. The standard InChI is InChI=1S/C23H23Cl3F3NO3/c1-15-13-19(31-12-9-21(25)26)14-20(24)22(15)32-10-3-4-11-33-30-16(2)17-5-7-18(8-6-17)23(27,28)29/h5-9,13-14,30H,2-4,10-12H2,1H3. The van der Waals surface area contributed by atoms with Crippen LogP contribution in [0.5, 0.6) is 11.5 Å². The predicted molar refractivity (Wildman–Crippen MR) is 126 cm³/mol. The Morgan fingerprint density at radius 2 is 1.73 bits per heavy atom. The van der Waals surface area contributed by atoms with Gasteiger partial charge in [-0.1, -0.05) is 53.5 Å². The molecule has 0 saturated carbocycles. The molecule has 33 heavy (non-hydrogen) atoms. The van der Waals surface area contributed by atoms with E-state index < -0.39 is 11.7 Å². The van der Waals surface area contributed by atoms with Crippen molar-refractivity contribution in [2.24, 2.45) is 0 Å². The minimum atomic E-state index is -4.37. The molecule has 0 aliphatic heterocycles. The quantitative estimate of drug-likeness (QED) is 0.228. The molecule has 0 spiro atoms. The van der Waals surface area contributed by atoms with Crippen molar-refractivity contribution in [1.82, 2.24) is 5.48 Å². The number of aryl methyl sites for hydroxylation is 1. The molecule has 2 aromatic rings. The number of halogens is 6. The van der Waals surface area contributed by atoms with Gasteiger partial charge in [0, 0.05) is 6.07 Å². The van der Waals surface area contributed by atoms with Crippen LogP contribution >= 0.6 is 34.8 Å². The van der Waals surface area contributed by atoms with Crippen LogP contribution in [-0.2, 0) is 11.0 Å². The number of unbranched alkanes of at least 4 members (excludes halogenated alkanes) is 1. The van der Waals surface area contributed by atoms with Crippen LogP contribution < -0.4 is 15.0 Å². The van der Waals surface area contributed by atoms with Crippen LogP contribution in [0.15, 0.2) is 53.5 Å². The second-order valence-corrected chi connectivity index (χ2v) is 8.33. The van der Waals surface area contributed by atoms with Gasteiger partial charge in [-0.05, 0) is 55.2 Å². The first-order valence-corrected chi connectivity index (χ1v) is 11.0. The van der Waals surface area contributed by atoms with Gasteiger partial charge in [-0.15, -0.1) is 0 Å². The summed E-state index contributed by atoms with van der Waals surface area (Å²) in [5.74, 6) is 1.15. The fourth-order valence-corrected chi connectivity index (χ4v) is 3.11. The summed E-state index contributed by atoms with van der Waals surface area (Å²) in [6, 6.07) is 8.12. The molecule has 0 unspecified atom stereocenters. The molecule has 0 heterocycles. The van der Waals surface area contributed by atoms with Crippen LogP contribution in [0.4, 0.5) is 13.2 Å². The van der Waals surface area contributed by atoms with Gasteiger partial charge >= 0.3 is 6.18 Å². The number of hydroxylamine groups is 1. The van der Waals surface area contributed by atoms with Crippen LogP contribution in [0.25, 0.3) is 5.70 Å². The molecular weight excluding hydrogens is 502 g/mol. The Labute approximate surface area is 205 Å². The second kappa shape index (κ2) is 13.0. The maximum atomic E-state index is 12.6. The summed E-state index contributed by atoms with van der Waals surface area (Å²) >= 11 is 17.4. The van der Waals surface area contributed by atoms with Crippen LogP contribution in [0, 0.1) is 6.92 Å². The third kappa shape index (κ3) is 9.37. The third-order valence-electron chi connectivity index (χ3n) is 4.33. The molecule has 180 valence electrons. The Hall–Kier alpha value is -2.06. The van der Waals surface area contributed by atoms with E-state index in [2.05, 4.69) is 12.1 Å². The van der Waals surface area contributed by atoms with Crippen molar-refractivity contribution in [3.63, 3.8) is 0 Å². The molecule has 0 saturated heterocycles. The van der Waals surface area contributed by atoms with Crippen LogP contribution in [0.3, 0.4) is 0 Å². The lowest BCUT2D eigenvalue weighted by Crippen LogP contribution is -2.14. The van der Waals surface area contributed by atoms with Crippen molar-refractivity contribution in [3.8, 4) is 11.5 Å². The largest absolute Gasteiger partial charge is 0.492 e. The smallest absolute Gasteiger partial charge is 0.416 e. The molecule has 0 amide bonds. The zero-order valence-corrected chi connectivity index (χ0v) is 20.0. The number of rotatable bonds is 12. The first kappa shape index (κ1) is 27.2. The molecule has 0 aromatic heterocycles. The van der Waals surface area contributed by atoms with Gasteiger partial charge in [0.1, 0.15) is 22.6 Å². The predicted octanol–water partition coefficient (Wildman–Crippen LogP) is 7.72. The van der Waals surface area contributed by atoms with Crippen LogP contribution in [0.1, 0.15) is 29.5 Å². The lowest BCUT2D eigenvalue weighted by atomic mass is 10.1. The third-order valence-corrected chi connectivity index (χ3v) is 4.92. The SMILES string of the molecule is C=C(NOCCCCOc1c(C)cc(OCC=C(Cl)Cl)cc1Cl)c1ccc(C(F)(F)F)cc1. The lowest BCUT2D eigenvalue weighted by molar-refractivity contribution is -0.137. The van der Waals surface area contributed by atoms with E-state index in [9.17, 15) is 13.2 Å². The molecule has 0 bridgehead atoms. The van der Waals surface area contributed by atoms with E-state index in [1.54, 1.807) is 12.1 Å². The summed E-state index contributed by atoms with van der Waals surface area (Å²) in [4.78, 5) is 5.32. The number of nitrogens with one attached hydrogen (secondary N) is 1. The van der Waals surface area contributed by atoms with Crippen molar-refractivity contribution >= 4 is 40.5 Å². The molecule has 0 aliphatic rings. The van der Waals surface area contributed by atoms with E-state index in [1.807, 2.05) is 6.92 Å². The molecule has 4 nitrogen and oxygen atoms in total. The topological polar surface area (TPSA) is 39.7 Å². The zero-order valence-electron chi connectivity index (χ0n) is 17.8. The molecule has 0 radical (unpaired) electrons. The van der Waals surface area contributed by atoms with Crippen molar-refractivity contribution in [1.29, 1.82) is 0 Å².